The Morgan fingerprint density at radius 2 is 2.07 bits per heavy atom. The minimum absolute atomic E-state index is 0.253. The maximum absolute atomic E-state index is 10.9. The van der Waals surface area contributed by atoms with E-state index in [0.29, 0.717) is 6.42 Å². The average molecular weight is 206 g/mol. The number of carbonyl (C=O) groups is 1. The Hall–Kier alpha value is -1.22. The fraction of sp³-hybridized carbons (Fsp3) is 0.500. The van der Waals surface area contributed by atoms with Crippen LogP contribution in [0.5, 0.6) is 0 Å². The Kier molecular flexibility index (Phi) is 4.98. The molecule has 3 nitrogen and oxygen atoms in total. The van der Waals surface area contributed by atoms with Gasteiger partial charge in [-0.2, -0.15) is 0 Å². The summed E-state index contributed by atoms with van der Waals surface area (Å²) in [7, 11) is 0. The van der Waals surface area contributed by atoms with Gasteiger partial charge in [0.1, 0.15) is 5.78 Å². The van der Waals surface area contributed by atoms with Crippen molar-refractivity contribution in [3.63, 3.8) is 0 Å². The molecule has 1 aromatic heterocycles. The predicted molar refractivity (Wildman–Crippen MR) is 60.5 cm³/mol. The van der Waals surface area contributed by atoms with Gasteiger partial charge in [-0.15, -0.1) is 0 Å². The highest BCUT2D eigenvalue weighted by Crippen LogP contribution is 2.03. The van der Waals surface area contributed by atoms with Gasteiger partial charge in [-0.25, -0.2) is 0 Å². The second kappa shape index (κ2) is 6.30. The van der Waals surface area contributed by atoms with Crippen LogP contribution in [0, 0.1) is 0 Å². The second-order valence-electron chi connectivity index (χ2n) is 3.68. The molecular formula is C12H18N2O. The lowest BCUT2D eigenvalue weighted by molar-refractivity contribution is -0.117. The van der Waals surface area contributed by atoms with Gasteiger partial charge in [0, 0.05) is 31.9 Å². The standard InChI is InChI=1S/C12H18N2O/c1-3-14(9-6-11(2)15)10-12-4-7-13-8-5-12/h4-5,7-8H,3,6,9-10H2,1-2H3. The predicted octanol–water partition coefficient (Wildman–Crippen LogP) is 1.88. The van der Waals surface area contributed by atoms with Gasteiger partial charge in [0.2, 0.25) is 0 Å². The van der Waals surface area contributed by atoms with Crippen molar-refractivity contribution in [3.8, 4) is 0 Å². The van der Waals surface area contributed by atoms with Gasteiger partial charge >= 0.3 is 0 Å². The summed E-state index contributed by atoms with van der Waals surface area (Å²) in [6, 6.07) is 4.02. The molecule has 3 heteroatoms. The number of hydrogen-bond donors (Lipinski definition) is 0. The molecule has 0 bridgehead atoms. The molecule has 0 radical (unpaired) electrons. The first-order chi connectivity index (χ1) is 7.22. The number of Topliss-reactive ketones (excluding diaryl/α,β-unsaturated/α-hetero) is 1. The summed E-state index contributed by atoms with van der Waals surface area (Å²) in [5.74, 6) is 0.253. The fourth-order valence-electron chi connectivity index (χ4n) is 1.41. The molecule has 0 aromatic carbocycles. The quantitative estimate of drug-likeness (QED) is 0.712. The number of rotatable bonds is 6. The summed E-state index contributed by atoms with van der Waals surface area (Å²) >= 11 is 0. The first-order valence-electron chi connectivity index (χ1n) is 5.33. The van der Waals surface area contributed by atoms with E-state index in [9.17, 15) is 4.79 Å². The molecule has 0 N–H and O–H groups in total. The highest BCUT2D eigenvalue weighted by atomic mass is 16.1. The van der Waals surface area contributed by atoms with E-state index in [-0.39, 0.29) is 5.78 Å². The van der Waals surface area contributed by atoms with Crippen molar-refractivity contribution in [1.29, 1.82) is 0 Å². The number of hydrogen-bond acceptors (Lipinski definition) is 3. The Morgan fingerprint density at radius 3 is 2.60 bits per heavy atom. The van der Waals surface area contributed by atoms with E-state index in [0.717, 1.165) is 19.6 Å². The van der Waals surface area contributed by atoms with E-state index in [2.05, 4.69) is 16.8 Å². The molecule has 1 rings (SSSR count). The summed E-state index contributed by atoms with van der Waals surface area (Å²) in [5, 5.41) is 0. The number of nitrogens with zero attached hydrogens (tertiary/aromatic N) is 2. The molecule has 0 aliphatic carbocycles. The lowest BCUT2D eigenvalue weighted by Gasteiger charge is -2.19. The van der Waals surface area contributed by atoms with Crippen LogP contribution in [0.15, 0.2) is 24.5 Å². The Morgan fingerprint density at radius 1 is 1.40 bits per heavy atom. The highest BCUT2D eigenvalue weighted by molar-refractivity contribution is 5.75. The lowest BCUT2D eigenvalue weighted by atomic mass is 10.2. The normalized spacial score (nSPS) is 10.6. The zero-order chi connectivity index (χ0) is 11.1. The van der Waals surface area contributed by atoms with E-state index in [1.165, 1.54) is 5.56 Å². The van der Waals surface area contributed by atoms with Gasteiger partial charge in [0.05, 0.1) is 0 Å². The summed E-state index contributed by atoms with van der Waals surface area (Å²) in [5.41, 5.74) is 1.25. The third kappa shape index (κ3) is 4.70. The molecule has 0 saturated carbocycles. The van der Waals surface area contributed by atoms with Gasteiger partial charge in [-0.05, 0) is 31.2 Å². The van der Waals surface area contributed by atoms with E-state index < -0.39 is 0 Å². The molecule has 0 amide bonds. The minimum atomic E-state index is 0.253. The van der Waals surface area contributed by atoms with Gasteiger partial charge in [0.15, 0.2) is 0 Å². The van der Waals surface area contributed by atoms with Crippen LogP contribution in [0.3, 0.4) is 0 Å². The summed E-state index contributed by atoms with van der Waals surface area (Å²) in [6.45, 7) is 6.46. The first kappa shape index (κ1) is 11.9. The highest BCUT2D eigenvalue weighted by Gasteiger charge is 2.04. The average Bonchev–Trinajstić information content (AvgIpc) is 2.25. The molecule has 0 atom stereocenters. The van der Waals surface area contributed by atoms with Gasteiger partial charge < -0.3 is 0 Å². The second-order valence-corrected chi connectivity index (χ2v) is 3.68. The molecule has 15 heavy (non-hydrogen) atoms. The molecule has 82 valence electrons. The molecule has 0 saturated heterocycles. The van der Waals surface area contributed by atoms with Gasteiger partial charge in [0.25, 0.3) is 0 Å². The van der Waals surface area contributed by atoms with Crippen LogP contribution >= 0.6 is 0 Å². The summed E-state index contributed by atoms with van der Waals surface area (Å²) in [4.78, 5) is 17.1. The monoisotopic (exact) mass is 206 g/mol. The van der Waals surface area contributed by atoms with Crippen molar-refractivity contribution in [2.75, 3.05) is 13.1 Å². The summed E-state index contributed by atoms with van der Waals surface area (Å²) < 4.78 is 0. The van der Waals surface area contributed by atoms with E-state index in [4.69, 9.17) is 0 Å². The van der Waals surface area contributed by atoms with Crippen LogP contribution in [0.1, 0.15) is 25.8 Å². The van der Waals surface area contributed by atoms with Crippen molar-refractivity contribution in [3.05, 3.63) is 30.1 Å². The Balaban J connectivity index is 2.43. The van der Waals surface area contributed by atoms with Crippen LogP contribution in [-0.2, 0) is 11.3 Å². The number of aromatic nitrogens is 1. The zero-order valence-electron chi connectivity index (χ0n) is 9.44. The van der Waals surface area contributed by atoms with Crippen molar-refractivity contribution < 1.29 is 4.79 Å². The molecule has 0 aliphatic rings. The smallest absolute Gasteiger partial charge is 0.131 e. The largest absolute Gasteiger partial charge is 0.300 e. The first-order valence-corrected chi connectivity index (χ1v) is 5.33. The Labute approximate surface area is 91.1 Å². The number of ketones is 1. The van der Waals surface area contributed by atoms with Crippen LogP contribution in [0.4, 0.5) is 0 Å². The molecule has 0 spiro atoms. The SMILES string of the molecule is CCN(CCC(C)=O)Cc1ccncc1. The molecule has 0 fully saturated rings. The molecule has 0 aliphatic heterocycles. The maximum Gasteiger partial charge on any atom is 0.131 e. The maximum atomic E-state index is 10.9. The van der Waals surface area contributed by atoms with Crippen LogP contribution in [0.25, 0.3) is 0 Å². The van der Waals surface area contributed by atoms with E-state index in [1.807, 2.05) is 12.1 Å². The number of carbonyl (C=O) groups excluding carboxylic acids is 1. The van der Waals surface area contributed by atoms with Crippen molar-refractivity contribution in [2.24, 2.45) is 0 Å². The zero-order valence-corrected chi connectivity index (χ0v) is 9.44. The third-order valence-corrected chi connectivity index (χ3v) is 2.38. The van der Waals surface area contributed by atoms with Crippen molar-refractivity contribution in [2.45, 2.75) is 26.8 Å². The third-order valence-electron chi connectivity index (χ3n) is 2.38. The topological polar surface area (TPSA) is 33.2 Å². The molecular weight excluding hydrogens is 188 g/mol. The van der Waals surface area contributed by atoms with Crippen molar-refractivity contribution >= 4 is 5.78 Å². The van der Waals surface area contributed by atoms with Crippen LogP contribution < -0.4 is 0 Å². The fourth-order valence-corrected chi connectivity index (χ4v) is 1.41. The minimum Gasteiger partial charge on any atom is -0.300 e. The van der Waals surface area contributed by atoms with Gasteiger partial charge in [-0.1, -0.05) is 6.92 Å². The molecule has 0 unspecified atom stereocenters. The van der Waals surface area contributed by atoms with E-state index in [1.54, 1.807) is 19.3 Å². The number of pyridine rings is 1. The van der Waals surface area contributed by atoms with E-state index >= 15 is 0 Å². The molecule has 1 heterocycles. The molecule has 1 aromatic rings. The Bertz CT molecular complexity index is 298. The van der Waals surface area contributed by atoms with Crippen LogP contribution in [-0.4, -0.2) is 28.8 Å². The summed E-state index contributed by atoms with van der Waals surface area (Å²) in [6.07, 6.45) is 4.24. The van der Waals surface area contributed by atoms with Crippen molar-refractivity contribution in [1.82, 2.24) is 9.88 Å². The van der Waals surface area contributed by atoms with Gasteiger partial charge in [-0.3, -0.25) is 14.7 Å². The lowest BCUT2D eigenvalue weighted by Crippen LogP contribution is -2.25. The van der Waals surface area contributed by atoms with Crippen LogP contribution in [0.2, 0.25) is 0 Å².